The number of aryl methyl sites for hydroxylation is 1. The van der Waals surface area contributed by atoms with E-state index in [1.807, 2.05) is 49.4 Å². The average Bonchev–Trinajstić information content (AvgIpc) is 3.29. The molecule has 0 saturated carbocycles. The van der Waals surface area contributed by atoms with Crippen LogP contribution in [-0.2, 0) is 0 Å². The summed E-state index contributed by atoms with van der Waals surface area (Å²) in [6.07, 6.45) is 1.26. The van der Waals surface area contributed by atoms with Gasteiger partial charge < -0.3 is 15.7 Å². The molecular weight excluding hydrogens is 344 g/mol. The summed E-state index contributed by atoms with van der Waals surface area (Å²) in [4.78, 5) is 40.6. The Hall–Kier alpha value is -3.94. The topological polar surface area (TPSA) is 121 Å². The molecule has 0 aliphatic rings. The third-order valence-corrected chi connectivity index (χ3v) is 4.14. The molecule has 0 fully saturated rings. The van der Waals surface area contributed by atoms with Crippen LogP contribution in [0.25, 0.3) is 11.0 Å². The van der Waals surface area contributed by atoms with E-state index in [-0.39, 0.29) is 11.4 Å². The highest BCUT2D eigenvalue weighted by atomic mass is 16.2. The number of para-hydroxylation sites is 2. The summed E-state index contributed by atoms with van der Waals surface area (Å²) in [5.74, 6) is -0.948. The first kappa shape index (κ1) is 16.5. The van der Waals surface area contributed by atoms with Crippen molar-refractivity contribution >= 4 is 34.5 Å². The maximum absolute atomic E-state index is 13.3. The summed E-state index contributed by atoms with van der Waals surface area (Å²) in [5, 5.41) is 0. The molecule has 2 aromatic carbocycles. The zero-order chi connectivity index (χ0) is 19.0. The molecular formula is C19H16N6O2. The van der Waals surface area contributed by atoms with Crippen molar-refractivity contribution in [1.82, 2.24) is 19.9 Å². The number of carbonyl (C=O) groups is 2. The maximum Gasteiger partial charge on any atom is 0.284 e. The number of aromatic nitrogens is 4. The van der Waals surface area contributed by atoms with Gasteiger partial charge in [0.25, 0.3) is 11.8 Å². The van der Waals surface area contributed by atoms with Gasteiger partial charge in [0, 0.05) is 0 Å². The Morgan fingerprint density at radius 1 is 1.11 bits per heavy atom. The van der Waals surface area contributed by atoms with Crippen molar-refractivity contribution in [3.05, 3.63) is 71.8 Å². The van der Waals surface area contributed by atoms with Crippen molar-refractivity contribution in [3.63, 3.8) is 0 Å². The first-order chi connectivity index (χ1) is 13.0. The lowest BCUT2D eigenvalue weighted by atomic mass is 10.2. The van der Waals surface area contributed by atoms with Crippen molar-refractivity contribution in [2.24, 2.45) is 5.73 Å². The molecule has 2 aromatic heterocycles. The quantitative estimate of drug-likeness (QED) is 0.518. The summed E-state index contributed by atoms with van der Waals surface area (Å²) < 4.78 is 0. The molecule has 0 aliphatic carbocycles. The number of nitrogens with one attached hydrogen (secondary N) is 2. The number of fused-ring (bicyclic) bond motifs is 1. The predicted molar refractivity (Wildman–Crippen MR) is 101 cm³/mol. The van der Waals surface area contributed by atoms with E-state index in [1.54, 1.807) is 6.07 Å². The molecule has 0 atom stereocenters. The van der Waals surface area contributed by atoms with Crippen LogP contribution in [0.2, 0.25) is 0 Å². The normalized spacial score (nSPS) is 10.9. The molecule has 0 unspecified atom stereocenters. The Balaban J connectivity index is 1.89. The fourth-order valence-corrected chi connectivity index (χ4v) is 2.90. The van der Waals surface area contributed by atoms with E-state index < -0.39 is 11.8 Å². The molecule has 4 aromatic rings. The number of amides is 2. The van der Waals surface area contributed by atoms with Gasteiger partial charge in [-0.1, -0.05) is 24.3 Å². The maximum atomic E-state index is 13.3. The Kier molecular flexibility index (Phi) is 3.92. The lowest BCUT2D eigenvalue weighted by Gasteiger charge is -2.20. The third-order valence-electron chi connectivity index (χ3n) is 4.14. The molecule has 2 amide bonds. The smallest absolute Gasteiger partial charge is 0.284 e. The van der Waals surface area contributed by atoms with Crippen molar-refractivity contribution < 1.29 is 9.59 Å². The van der Waals surface area contributed by atoms with Gasteiger partial charge in [-0.3, -0.25) is 9.59 Å². The minimum absolute atomic E-state index is 0.00413. The molecule has 27 heavy (non-hydrogen) atoms. The van der Waals surface area contributed by atoms with E-state index in [0.29, 0.717) is 11.6 Å². The number of nitrogens with two attached hydrogens (primary N) is 1. The van der Waals surface area contributed by atoms with Crippen LogP contribution in [-0.4, -0.2) is 31.8 Å². The summed E-state index contributed by atoms with van der Waals surface area (Å²) in [5.41, 5.74) is 8.32. The molecule has 4 N–H and O–H groups in total. The lowest BCUT2D eigenvalue weighted by Crippen LogP contribution is -2.29. The van der Waals surface area contributed by atoms with Crippen LogP contribution in [0.5, 0.6) is 0 Å². The second-order valence-corrected chi connectivity index (χ2v) is 6.05. The zero-order valence-corrected chi connectivity index (χ0v) is 14.4. The van der Waals surface area contributed by atoms with Gasteiger partial charge in [0.1, 0.15) is 5.69 Å². The van der Waals surface area contributed by atoms with E-state index in [9.17, 15) is 9.59 Å². The molecule has 0 aliphatic heterocycles. The Labute approximate surface area is 154 Å². The number of aromatic amines is 2. The first-order valence-corrected chi connectivity index (χ1v) is 8.23. The van der Waals surface area contributed by atoms with E-state index in [0.717, 1.165) is 16.6 Å². The van der Waals surface area contributed by atoms with Gasteiger partial charge in [0.15, 0.2) is 5.69 Å². The van der Waals surface area contributed by atoms with Crippen LogP contribution in [0.3, 0.4) is 0 Å². The van der Waals surface area contributed by atoms with Crippen molar-refractivity contribution in [3.8, 4) is 0 Å². The molecule has 8 heteroatoms. The monoisotopic (exact) mass is 360 g/mol. The summed E-state index contributed by atoms with van der Waals surface area (Å²) >= 11 is 0. The van der Waals surface area contributed by atoms with E-state index in [4.69, 9.17) is 5.73 Å². The van der Waals surface area contributed by atoms with Crippen LogP contribution in [0.1, 0.15) is 26.5 Å². The first-order valence-electron chi connectivity index (χ1n) is 8.23. The molecule has 0 bridgehead atoms. The highest BCUT2D eigenvalue weighted by Gasteiger charge is 2.28. The summed E-state index contributed by atoms with van der Waals surface area (Å²) in [7, 11) is 0. The van der Waals surface area contributed by atoms with Gasteiger partial charge in [-0.05, 0) is 36.8 Å². The Bertz CT molecular complexity index is 1130. The molecule has 8 nitrogen and oxygen atoms in total. The number of anilines is 2. The second-order valence-electron chi connectivity index (χ2n) is 6.05. The summed E-state index contributed by atoms with van der Waals surface area (Å²) in [6, 6.07) is 14.9. The molecule has 0 radical (unpaired) electrons. The van der Waals surface area contributed by atoms with Crippen LogP contribution < -0.4 is 10.6 Å². The van der Waals surface area contributed by atoms with Crippen molar-refractivity contribution in [2.45, 2.75) is 6.92 Å². The highest BCUT2D eigenvalue weighted by Crippen LogP contribution is 2.28. The van der Waals surface area contributed by atoms with Crippen LogP contribution in [0.15, 0.2) is 54.9 Å². The molecule has 2 heterocycles. The minimum atomic E-state index is -0.784. The SMILES string of the molecule is Cc1cccc(N(C(=O)c2[nH]cnc2C(N)=O)c2nc3ccccc3[nH]2)c1. The number of benzene rings is 2. The van der Waals surface area contributed by atoms with Crippen molar-refractivity contribution in [2.75, 3.05) is 4.90 Å². The number of rotatable bonds is 4. The number of primary amides is 1. The lowest BCUT2D eigenvalue weighted by molar-refractivity contribution is 0.0961. The number of hydrogen-bond acceptors (Lipinski definition) is 4. The number of nitrogens with zero attached hydrogens (tertiary/aromatic N) is 3. The fraction of sp³-hybridized carbons (Fsp3) is 0.0526. The fourth-order valence-electron chi connectivity index (χ4n) is 2.90. The zero-order valence-electron chi connectivity index (χ0n) is 14.4. The number of imidazole rings is 2. The molecule has 0 spiro atoms. The standard InChI is InChI=1S/C19H16N6O2/c1-11-5-4-6-12(9-11)25(18(27)16-15(17(20)26)21-10-22-16)19-23-13-7-2-3-8-14(13)24-19/h2-10H,1H3,(H2,20,26)(H,21,22)(H,23,24). The Morgan fingerprint density at radius 3 is 2.67 bits per heavy atom. The van der Waals surface area contributed by atoms with E-state index >= 15 is 0 Å². The summed E-state index contributed by atoms with van der Waals surface area (Å²) in [6.45, 7) is 1.93. The number of H-pyrrole nitrogens is 2. The molecule has 0 saturated heterocycles. The van der Waals surface area contributed by atoms with E-state index in [2.05, 4.69) is 19.9 Å². The Morgan fingerprint density at radius 2 is 1.93 bits per heavy atom. The predicted octanol–water partition coefficient (Wildman–Crippen LogP) is 2.67. The van der Waals surface area contributed by atoms with Crippen LogP contribution in [0, 0.1) is 6.92 Å². The van der Waals surface area contributed by atoms with Gasteiger partial charge >= 0.3 is 0 Å². The average molecular weight is 360 g/mol. The minimum Gasteiger partial charge on any atom is -0.364 e. The van der Waals surface area contributed by atoms with E-state index in [1.165, 1.54) is 11.2 Å². The largest absolute Gasteiger partial charge is 0.364 e. The van der Waals surface area contributed by atoms with Crippen LogP contribution in [0.4, 0.5) is 11.6 Å². The number of carbonyl (C=O) groups excluding carboxylic acids is 2. The van der Waals surface area contributed by atoms with Crippen LogP contribution >= 0.6 is 0 Å². The third kappa shape index (κ3) is 2.93. The highest BCUT2D eigenvalue weighted by molar-refractivity contribution is 6.14. The number of hydrogen-bond donors (Lipinski definition) is 3. The second kappa shape index (κ2) is 6.41. The van der Waals surface area contributed by atoms with Crippen molar-refractivity contribution in [1.29, 1.82) is 0 Å². The van der Waals surface area contributed by atoms with Gasteiger partial charge in [-0.25, -0.2) is 14.9 Å². The molecule has 134 valence electrons. The molecule has 4 rings (SSSR count). The van der Waals surface area contributed by atoms with Gasteiger partial charge in [0.2, 0.25) is 5.95 Å². The van der Waals surface area contributed by atoms with Gasteiger partial charge in [-0.15, -0.1) is 0 Å². The van der Waals surface area contributed by atoms with Gasteiger partial charge in [-0.2, -0.15) is 0 Å². The van der Waals surface area contributed by atoms with Gasteiger partial charge in [0.05, 0.1) is 23.0 Å².